The number of carbonyl (C=O) groups excluding carboxylic acids is 3. The highest BCUT2D eigenvalue weighted by Crippen LogP contribution is 2.33. The number of rotatable bonds is 13. The predicted molar refractivity (Wildman–Crippen MR) is 292 cm³/mol. The van der Waals surface area contributed by atoms with E-state index in [9.17, 15) is 24.3 Å². The largest absolute Gasteiger partial charge is 0.476 e. The van der Waals surface area contributed by atoms with Gasteiger partial charge in [-0.15, -0.1) is 22.7 Å². The van der Waals surface area contributed by atoms with Crippen molar-refractivity contribution < 1.29 is 43.5 Å². The molecule has 8 N–H and O–H groups in total. The molecule has 0 unspecified atom stereocenters. The van der Waals surface area contributed by atoms with Gasteiger partial charge >= 0.3 is 5.97 Å². The maximum Gasteiger partial charge on any atom is 0.365 e. The number of nitrogens with zero attached hydrogens (tertiary/aromatic N) is 10. The monoisotopic (exact) mass is 1080 g/mol. The maximum absolute atomic E-state index is 13.3. The summed E-state index contributed by atoms with van der Waals surface area (Å²) in [5.41, 5.74) is 13.9. The van der Waals surface area contributed by atoms with Crippen molar-refractivity contribution in [2.24, 2.45) is 5.73 Å². The molecule has 0 saturated heterocycles. The average molecular weight is 1090 g/mol. The number of nitrogens with one attached hydrogen (secondary N) is 3. The molecule has 77 heavy (non-hydrogen) atoms. The molecule has 0 atom stereocenters. The number of anilines is 2. The number of amides is 3. The fourth-order valence-corrected chi connectivity index (χ4v) is 9.19. The number of carboxylic acid groups (broad SMARTS) is 1. The summed E-state index contributed by atoms with van der Waals surface area (Å²) >= 11 is 2.33. The van der Waals surface area contributed by atoms with Crippen molar-refractivity contribution in [2.75, 3.05) is 36.9 Å². The van der Waals surface area contributed by atoms with E-state index >= 15 is 0 Å². The Morgan fingerprint density at radius 2 is 1.03 bits per heavy atom. The molecule has 0 spiro atoms. The van der Waals surface area contributed by atoms with Crippen LogP contribution in [0, 0.1) is 41.5 Å². The number of hydrogen-bond acceptors (Lipinski definition) is 19. The number of imidazole rings is 2. The number of thiazole rings is 2. The standard InChI is InChI=1S/C25H23N7O4S.C23H18N6O4S.C2H7NO.2CH4/c1-13-4-5-16(22-29-15(3)36-31-22)10-18(13)30-23(34)19-11-27-20-7-6-17(12-32(19)20)21-14(2)28-25(37-21)24(35)26-8-9-33;1-11-4-5-14(20-26-13(3)33-28-20)8-16(11)27-21(30)17-9-24-18-7-6-15(10-29(17)18)19-12(2)25-22(34-19)23(31)32;3-1-2-4;;/h4-7,10-12,33H,8-9H2,1-3H3,(H,26,35)(H,30,34);4-10H,1-3H3,(H,27,30)(H,31,32);4H,1-3H2;2*1H4. The molecule has 0 aliphatic heterocycles. The van der Waals surface area contributed by atoms with Gasteiger partial charge in [-0.1, -0.05) is 49.4 Å². The highest BCUT2D eigenvalue weighted by atomic mass is 32.1. The van der Waals surface area contributed by atoms with Crippen LogP contribution in [0.15, 0.2) is 94.5 Å². The lowest BCUT2D eigenvalue weighted by atomic mass is 10.1. The van der Waals surface area contributed by atoms with E-state index in [1.165, 1.54) is 23.7 Å². The van der Waals surface area contributed by atoms with Crippen LogP contribution < -0.4 is 21.7 Å². The molecule has 25 heteroatoms. The van der Waals surface area contributed by atoms with Gasteiger partial charge in [-0.2, -0.15) is 9.97 Å². The first kappa shape index (κ1) is 57.4. The van der Waals surface area contributed by atoms with Gasteiger partial charge in [-0.05, 0) is 75.2 Å². The lowest BCUT2D eigenvalue weighted by Crippen LogP contribution is -2.26. The third-order valence-corrected chi connectivity index (χ3v) is 13.4. The van der Waals surface area contributed by atoms with Gasteiger partial charge in [0.1, 0.15) is 22.7 Å². The van der Waals surface area contributed by atoms with Crippen LogP contribution >= 0.6 is 22.7 Å². The van der Waals surface area contributed by atoms with Gasteiger partial charge in [0, 0.05) is 73.0 Å². The van der Waals surface area contributed by atoms with Crippen molar-refractivity contribution in [3.63, 3.8) is 0 Å². The molecule has 8 aromatic heterocycles. The lowest BCUT2D eigenvalue weighted by Gasteiger charge is -2.10. The SMILES string of the molecule is C.C.Cc1nc(-c2ccc(C)c(NC(=O)c3cnc4ccc(-c5sc(C(=O)NCCO)nc5C)cn34)c2)no1.Cc1nc(-c2ccc(C)c(NC(=O)c3cnc4ccc(-c5sc(C(=O)O)nc5C)cn34)c2)no1.NCCO. The van der Waals surface area contributed by atoms with E-state index in [1.807, 2.05) is 57.2 Å². The normalized spacial score (nSPS) is 10.7. The van der Waals surface area contributed by atoms with Crippen LogP contribution in [-0.4, -0.2) is 114 Å². The number of pyridine rings is 2. The molecule has 0 fully saturated rings. The number of hydrogen-bond donors (Lipinski definition) is 7. The third-order valence-electron chi connectivity index (χ3n) is 11.0. The van der Waals surface area contributed by atoms with E-state index in [-0.39, 0.29) is 57.3 Å². The van der Waals surface area contributed by atoms with E-state index < -0.39 is 5.97 Å². The van der Waals surface area contributed by atoms with Gasteiger partial charge in [-0.25, -0.2) is 24.7 Å². The summed E-state index contributed by atoms with van der Waals surface area (Å²) in [6.45, 7) is 11.3. The summed E-state index contributed by atoms with van der Waals surface area (Å²) in [5.74, 6) is -0.306. The Bertz CT molecular complexity index is 3740. The van der Waals surface area contributed by atoms with Crippen LogP contribution in [0.3, 0.4) is 0 Å². The van der Waals surface area contributed by atoms with Crippen molar-refractivity contribution >= 4 is 69.0 Å². The van der Waals surface area contributed by atoms with Crippen LogP contribution in [-0.2, 0) is 0 Å². The van der Waals surface area contributed by atoms with E-state index in [0.29, 0.717) is 86.0 Å². The van der Waals surface area contributed by atoms with Crippen LogP contribution in [0.2, 0.25) is 0 Å². The Morgan fingerprint density at radius 1 is 0.597 bits per heavy atom. The summed E-state index contributed by atoms with van der Waals surface area (Å²) in [4.78, 5) is 77.2. The molecule has 3 amide bonds. The minimum absolute atomic E-state index is 0. The highest BCUT2D eigenvalue weighted by molar-refractivity contribution is 7.17. The number of aliphatic hydroxyl groups excluding tert-OH is 2. The van der Waals surface area contributed by atoms with Crippen LogP contribution in [0.4, 0.5) is 11.4 Å². The average Bonchev–Trinajstić information content (AvgIpc) is 4.29. The van der Waals surface area contributed by atoms with Crippen LogP contribution in [0.5, 0.6) is 0 Å². The topological polar surface area (TPSA) is 329 Å². The zero-order valence-corrected chi connectivity index (χ0v) is 42.7. The van der Waals surface area contributed by atoms with Crippen molar-refractivity contribution in [3.8, 4) is 43.7 Å². The summed E-state index contributed by atoms with van der Waals surface area (Å²) in [7, 11) is 0. The van der Waals surface area contributed by atoms with Crippen molar-refractivity contribution in [2.45, 2.75) is 56.4 Å². The molecule has 2 aromatic carbocycles. The second kappa shape index (κ2) is 25.1. The number of carboxylic acids is 1. The quantitative estimate of drug-likeness (QED) is 0.0575. The molecule has 0 saturated carbocycles. The first-order chi connectivity index (χ1) is 36.0. The predicted octanol–water partition coefficient (Wildman–Crippen LogP) is 8.00. The second-order valence-electron chi connectivity index (χ2n) is 16.5. The van der Waals surface area contributed by atoms with Crippen molar-refractivity contribution in [3.05, 3.63) is 141 Å². The molecule has 400 valence electrons. The maximum atomic E-state index is 13.3. The smallest absolute Gasteiger partial charge is 0.365 e. The number of benzene rings is 2. The molecule has 8 heterocycles. The summed E-state index contributed by atoms with van der Waals surface area (Å²) in [6.07, 6.45) is 6.58. The van der Waals surface area contributed by atoms with Gasteiger partial charge in [0.25, 0.3) is 17.7 Å². The zero-order valence-electron chi connectivity index (χ0n) is 41.1. The van der Waals surface area contributed by atoms with Crippen molar-refractivity contribution in [1.82, 2.24) is 54.3 Å². The third kappa shape index (κ3) is 13.0. The van der Waals surface area contributed by atoms with E-state index in [1.54, 1.807) is 66.2 Å². The minimum Gasteiger partial charge on any atom is -0.476 e. The molecule has 0 aliphatic rings. The fraction of sp³-hybridized carbons (Fsp3) is 0.231. The Balaban J connectivity index is 0.000000228. The zero-order chi connectivity index (χ0) is 53.5. The van der Waals surface area contributed by atoms with E-state index in [2.05, 4.69) is 56.2 Å². The van der Waals surface area contributed by atoms with Crippen molar-refractivity contribution in [1.29, 1.82) is 0 Å². The Morgan fingerprint density at radius 3 is 1.42 bits per heavy atom. The summed E-state index contributed by atoms with van der Waals surface area (Å²) < 4.78 is 13.5. The number of aromatic nitrogens is 10. The van der Waals surface area contributed by atoms with Gasteiger partial charge in [0.2, 0.25) is 28.4 Å². The van der Waals surface area contributed by atoms with Gasteiger partial charge in [0.05, 0.1) is 46.7 Å². The van der Waals surface area contributed by atoms with E-state index in [0.717, 1.165) is 48.9 Å². The van der Waals surface area contributed by atoms with E-state index in [4.69, 9.17) is 25.0 Å². The molecule has 10 aromatic rings. The van der Waals surface area contributed by atoms with Gasteiger partial charge < -0.3 is 46.0 Å². The molecule has 0 radical (unpaired) electrons. The number of aromatic carboxylic acids is 1. The summed E-state index contributed by atoms with van der Waals surface area (Å²) in [6, 6.07) is 18.4. The number of carbonyl (C=O) groups is 4. The Kier molecular flexibility index (Phi) is 18.7. The molecule has 0 aliphatic carbocycles. The van der Waals surface area contributed by atoms with Gasteiger partial charge in [0.15, 0.2) is 5.01 Å². The fourth-order valence-electron chi connectivity index (χ4n) is 7.33. The summed E-state index contributed by atoms with van der Waals surface area (Å²) in [5, 5.41) is 42.6. The molecule has 10 rings (SSSR count). The Hall–Kier alpha value is -8.88. The van der Waals surface area contributed by atoms with Gasteiger partial charge in [-0.3, -0.25) is 23.2 Å². The van der Waals surface area contributed by atoms with Crippen LogP contribution in [0.1, 0.15) is 89.7 Å². The highest BCUT2D eigenvalue weighted by Gasteiger charge is 2.21. The Labute approximate surface area is 448 Å². The molecular weight excluding hydrogens is 1030 g/mol. The van der Waals surface area contributed by atoms with Crippen LogP contribution in [0.25, 0.3) is 55.0 Å². The number of fused-ring (bicyclic) bond motifs is 2. The lowest BCUT2D eigenvalue weighted by molar-refractivity contribution is 0.0695. The minimum atomic E-state index is -1.07. The number of aliphatic hydroxyl groups is 2. The number of aryl methyl sites for hydroxylation is 6. The number of nitrogens with two attached hydrogens (primary N) is 1. The molecular formula is C52H56N14O9S2. The first-order valence-corrected chi connectivity index (χ1v) is 24.5. The molecule has 0 bridgehead atoms. The molecule has 23 nitrogen and oxygen atoms in total. The first-order valence-electron chi connectivity index (χ1n) is 22.8. The second-order valence-corrected chi connectivity index (χ2v) is 18.5.